The number of rotatable bonds is 2. The van der Waals surface area contributed by atoms with E-state index < -0.39 is 5.79 Å². The highest BCUT2D eigenvalue weighted by molar-refractivity contribution is 5.41. The van der Waals surface area contributed by atoms with Crippen LogP contribution in [0.3, 0.4) is 0 Å². The zero-order chi connectivity index (χ0) is 9.90. The molecule has 0 bridgehead atoms. The van der Waals surface area contributed by atoms with Crippen LogP contribution in [0.2, 0.25) is 0 Å². The van der Waals surface area contributed by atoms with Gasteiger partial charge in [0, 0.05) is 0 Å². The Labute approximate surface area is 74.5 Å². The van der Waals surface area contributed by atoms with Gasteiger partial charge in [0.05, 0.1) is 5.56 Å². The minimum absolute atomic E-state index is 0.0432. The summed E-state index contributed by atoms with van der Waals surface area (Å²) in [5.41, 5.74) is -0.0432. The van der Waals surface area contributed by atoms with Gasteiger partial charge < -0.3 is 5.11 Å². The molecule has 1 atom stereocenters. The molecule has 0 saturated heterocycles. The molecule has 0 aliphatic rings. The summed E-state index contributed by atoms with van der Waals surface area (Å²) in [4.78, 5) is 12.8. The number of aliphatic imine (C=N–C) groups is 1. The van der Waals surface area contributed by atoms with E-state index in [-0.39, 0.29) is 11.3 Å². The fraction of sp³-hybridized carbons (Fsp3) is 0.222. The number of isocyanates is 1. The van der Waals surface area contributed by atoms with Crippen molar-refractivity contribution in [2.75, 3.05) is 0 Å². The van der Waals surface area contributed by atoms with Crippen molar-refractivity contribution in [2.24, 2.45) is 4.99 Å². The summed E-state index contributed by atoms with van der Waals surface area (Å²) in [5.74, 6) is -2.45. The third-order valence-corrected chi connectivity index (χ3v) is 1.65. The minimum Gasteiger partial charge on any atom is -0.507 e. The molecule has 0 aromatic heterocycles. The van der Waals surface area contributed by atoms with Gasteiger partial charge in [0.2, 0.25) is 11.9 Å². The average molecular weight is 181 g/mol. The highest BCUT2D eigenvalue weighted by Crippen LogP contribution is 2.32. The molecular formula is C9H8FNO2. The number of phenolic OH excluding ortho intramolecular Hbond substituents is 1. The van der Waals surface area contributed by atoms with Crippen LogP contribution in [0, 0.1) is 0 Å². The number of phenols is 1. The van der Waals surface area contributed by atoms with Crippen molar-refractivity contribution in [3.8, 4) is 5.75 Å². The van der Waals surface area contributed by atoms with Crippen LogP contribution in [0.25, 0.3) is 0 Å². The Bertz CT molecular complexity index is 356. The number of carbonyl (C=O) groups excluding carboxylic acids is 1. The second-order valence-corrected chi connectivity index (χ2v) is 2.67. The molecule has 0 spiro atoms. The predicted molar refractivity (Wildman–Crippen MR) is 44.7 cm³/mol. The van der Waals surface area contributed by atoms with Crippen molar-refractivity contribution >= 4 is 6.08 Å². The highest BCUT2D eigenvalue weighted by atomic mass is 19.1. The topological polar surface area (TPSA) is 49.7 Å². The number of nitrogens with zero attached hydrogens (tertiary/aromatic N) is 1. The van der Waals surface area contributed by atoms with Crippen molar-refractivity contribution in [1.29, 1.82) is 0 Å². The van der Waals surface area contributed by atoms with E-state index in [2.05, 4.69) is 4.99 Å². The molecule has 0 amide bonds. The first kappa shape index (κ1) is 9.42. The van der Waals surface area contributed by atoms with E-state index in [0.717, 1.165) is 13.0 Å². The van der Waals surface area contributed by atoms with Gasteiger partial charge in [0.15, 0.2) is 0 Å². The third-order valence-electron chi connectivity index (χ3n) is 1.65. The molecule has 0 aliphatic heterocycles. The van der Waals surface area contributed by atoms with Crippen LogP contribution in [0.15, 0.2) is 29.3 Å². The monoisotopic (exact) mass is 181 g/mol. The molecule has 0 saturated carbocycles. The normalized spacial score (nSPS) is 14.3. The van der Waals surface area contributed by atoms with Gasteiger partial charge in [-0.3, -0.25) is 0 Å². The van der Waals surface area contributed by atoms with Gasteiger partial charge in [0.25, 0.3) is 0 Å². The molecule has 68 valence electrons. The fourth-order valence-corrected chi connectivity index (χ4v) is 1.01. The lowest BCUT2D eigenvalue weighted by atomic mass is 10.1. The van der Waals surface area contributed by atoms with Crippen molar-refractivity contribution in [3.05, 3.63) is 29.8 Å². The second kappa shape index (κ2) is 3.37. The van der Waals surface area contributed by atoms with E-state index in [0.29, 0.717) is 0 Å². The van der Waals surface area contributed by atoms with E-state index >= 15 is 0 Å². The maximum atomic E-state index is 13.5. The molecular weight excluding hydrogens is 173 g/mol. The fourth-order valence-electron chi connectivity index (χ4n) is 1.01. The van der Waals surface area contributed by atoms with Gasteiger partial charge in [-0.1, -0.05) is 18.2 Å². The van der Waals surface area contributed by atoms with Crippen molar-refractivity contribution in [1.82, 2.24) is 0 Å². The number of alkyl halides is 1. The lowest BCUT2D eigenvalue weighted by Crippen LogP contribution is -2.11. The summed E-state index contributed by atoms with van der Waals surface area (Å²) >= 11 is 0. The van der Waals surface area contributed by atoms with Crippen molar-refractivity contribution in [2.45, 2.75) is 12.7 Å². The van der Waals surface area contributed by atoms with Gasteiger partial charge in [0.1, 0.15) is 5.75 Å². The van der Waals surface area contributed by atoms with Crippen molar-refractivity contribution in [3.63, 3.8) is 0 Å². The Balaban J connectivity index is 3.21. The molecule has 1 rings (SSSR count). The SMILES string of the molecule is CC(F)(N=C=O)c1ccccc1O. The second-order valence-electron chi connectivity index (χ2n) is 2.67. The van der Waals surface area contributed by atoms with Crippen LogP contribution in [-0.4, -0.2) is 11.2 Å². The summed E-state index contributed by atoms with van der Waals surface area (Å²) in [6.45, 7) is 1.08. The maximum Gasteiger partial charge on any atom is 0.238 e. The van der Waals surface area contributed by atoms with E-state index in [4.69, 9.17) is 0 Å². The largest absolute Gasteiger partial charge is 0.507 e. The van der Waals surface area contributed by atoms with E-state index in [1.807, 2.05) is 0 Å². The molecule has 0 fully saturated rings. The number of aromatic hydroxyl groups is 1. The third kappa shape index (κ3) is 1.92. The first-order chi connectivity index (χ1) is 6.08. The summed E-state index contributed by atoms with van der Waals surface area (Å²) in [6, 6.07) is 5.79. The van der Waals surface area contributed by atoms with Gasteiger partial charge in [-0.25, -0.2) is 9.18 Å². The molecule has 3 nitrogen and oxygen atoms in total. The number of halogens is 1. The van der Waals surface area contributed by atoms with Crippen LogP contribution >= 0.6 is 0 Å². The van der Waals surface area contributed by atoms with Gasteiger partial charge in [-0.05, 0) is 13.0 Å². The molecule has 1 aromatic rings. The Morgan fingerprint density at radius 2 is 2.15 bits per heavy atom. The lowest BCUT2D eigenvalue weighted by Gasteiger charge is -2.14. The smallest absolute Gasteiger partial charge is 0.238 e. The molecule has 4 heteroatoms. The lowest BCUT2D eigenvalue weighted by molar-refractivity contribution is 0.200. The van der Waals surface area contributed by atoms with E-state index in [9.17, 15) is 14.3 Å². The molecule has 1 N–H and O–H groups in total. The summed E-state index contributed by atoms with van der Waals surface area (Å²) in [5, 5.41) is 9.24. The first-order valence-corrected chi connectivity index (χ1v) is 3.64. The zero-order valence-corrected chi connectivity index (χ0v) is 6.99. The highest BCUT2D eigenvalue weighted by Gasteiger charge is 2.27. The predicted octanol–water partition coefficient (Wildman–Crippen LogP) is 1.87. The quantitative estimate of drug-likeness (QED) is 0.430. The Morgan fingerprint density at radius 1 is 1.54 bits per heavy atom. The van der Waals surface area contributed by atoms with E-state index in [1.165, 1.54) is 12.1 Å². The number of para-hydroxylation sites is 1. The first-order valence-electron chi connectivity index (χ1n) is 3.64. The summed E-state index contributed by atoms with van der Waals surface area (Å²) in [6.07, 6.45) is 1.12. The van der Waals surface area contributed by atoms with Crippen LogP contribution in [0.4, 0.5) is 4.39 Å². The van der Waals surface area contributed by atoms with Crippen molar-refractivity contribution < 1.29 is 14.3 Å². The van der Waals surface area contributed by atoms with Gasteiger partial charge >= 0.3 is 0 Å². The Morgan fingerprint density at radius 3 is 2.69 bits per heavy atom. The summed E-state index contributed by atoms with van der Waals surface area (Å²) in [7, 11) is 0. The summed E-state index contributed by atoms with van der Waals surface area (Å²) < 4.78 is 13.5. The molecule has 0 heterocycles. The molecule has 13 heavy (non-hydrogen) atoms. The van der Waals surface area contributed by atoms with Crippen LogP contribution in [-0.2, 0) is 10.6 Å². The number of hydrogen-bond donors (Lipinski definition) is 1. The minimum atomic E-state index is -2.22. The van der Waals surface area contributed by atoms with Crippen LogP contribution < -0.4 is 0 Å². The average Bonchev–Trinajstić information content (AvgIpc) is 2.04. The van der Waals surface area contributed by atoms with Crippen LogP contribution in [0.1, 0.15) is 12.5 Å². The molecule has 1 unspecified atom stereocenters. The maximum absolute atomic E-state index is 13.5. The Hall–Kier alpha value is -1.67. The zero-order valence-electron chi connectivity index (χ0n) is 6.99. The number of benzene rings is 1. The van der Waals surface area contributed by atoms with Gasteiger partial charge in [-0.15, -0.1) is 0 Å². The standard InChI is InChI=1S/C9H8FNO2/c1-9(10,11-6-12)7-4-2-3-5-8(7)13/h2-5,13H,1H3. The Kier molecular flexibility index (Phi) is 2.44. The van der Waals surface area contributed by atoms with E-state index in [1.54, 1.807) is 12.1 Å². The number of hydrogen-bond acceptors (Lipinski definition) is 3. The molecule has 1 aromatic carbocycles. The molecule has 0 aliphatic carbocycles. The molecule has 0 radical (unpaired) electrons. The van der Waals surface area contributed by atoms with Crippen LogP contribution in [0.5, 0.6) is 5.75 Å². The van der Waals surface area contributed by atoms with Gasteiger partial charge in [-0.2, -0.15) is 4.99 Å².